The number of aliphatic hydroxyl groups excluding tert-OH is 1. The Bertz CT molecular complexity index is 545. The van der Waals surface area contributed by atoms with Crippen molar-refractivity contribution in [3.05, 3.63) is 23.4 Å². The molecule has 0 aliphatic heterocycles. The third kappa shape index (κ3) is 2.16. The molecule has 98 valence electrons. The molecule has 4 nitrogen and oxygen atoms in total. The van der Waals surface area contributed by atoms with Crippen LogP contribution in [0.15, 0.2) is 12.1 Å². The van der Waals surface area contributed by atoms with Crippen LogP contribution in [0.3, 0.4) is 0 Å². The molecule has 0 amide bonds. The molecule has 2 rings (SSSR count). The van der Waals surface area contributed by atoms with Gasteiger partial charge in [-0.3, -0.25) is 0 Å². The number of aromatic nitrogens is 1. The van der Waals surface area contributed by atoms with E-state index in [2.05, 4.69) is 4.98 Å². The lowest BCUT2D eigenvalue weighted by Crippen LogP contribution is -1.92. The van der Waals surface area contributed by atoms with E-state index < -0.39 is 0 Å². The largest absolute Gasteiger partial charge is 0.493 e. The highest BCUT2D eigenvalue weighted by atomic mass is 16.5. The summed E-state index contributed by atoms with van der Waals surface area (Å²) in [5.74, 6) is 1.45. The molecular weight excluding hydrogens is 230 g/mol. The van der Waals surface area contributed by atoms with E-state index in [1.165, 1.54) is 5.56 Å². The number of methoxy groups -OCH3 is 2. The Morgan fingerprint density at radius 1 is 1.17 bits per heavy atom. The Hall–Kier alpha value is -1.68. The van der Waals surface area contributed by atoms with Crippen LogP contribution in [-0.2, 0) is 6.42 Å². The van der Waals surface area contributed by atoms with Crippen LogP contribution in [0, 0.1) is 6.92 Å². The summed E-state index contributed by atoms with van der Waals surface area (Å²) in [5.41, 5.74) is 3.41. The molecule has 0 atom stereocenters. The lowest BCUT2D eigenvalue weighted by Gasteiger charge is -2.08. The Morgan fingerprint density at radius 2 is 1.83 bits per heavy atom. The second-order valence-corrected chi connectivity index (χ2v) is 4.31. The average Bonchev–Trinajstić information content (AvgIpc) is 2.69. The monoisotopic (exact) mass is 249 g/mol. The normalized spacial score (nSPS) is 10.9. The lowest BCUT2D eigenvalue weighted by atomic mass is 10.1. The molecule has 0 saturated heterocycles. The van der Waals surface area contributed by atoms with Gasteiger partial charge in [0, 0.05) is 29.3 Å². The summed E-state index contributed by atoms with van der Waals surface area (Å²) in [6, 6.07) is 3.94. The molecule has 1 heterocycles. The molecule has 18 heavy (non-hydrogen) atoms. The van der Waals surface area contributed by atoms with Gasteiger partial charge in [0.25, 0.3) is 0 Å². The first-order chi connectivity index (χ1) is 8.71. The third-order valence-electron chi connectivity index (χ3n) is 3.21. The molecule has 0 fully saturated rings. The van der Waals surface area contributed by atoms with Gasteiger partial charge in [-0.05, 0) is 31.4 Å². The number of nitrogens with one attached hydrogen (secondary N) is 1. The second kappa shape index (κ2) is 5.31. The highest BCUT2D eigenvalue weighted by Gasteiger charge is 2.12. The van der Waals surface area contributed by atoms with Gasteiger partial charge in [-0.1, -0.05) is 0 Å². The Morgan fingerprint density at radius 3 is 2.44 bits per heavy atom. The fraction of sp³-hybridized carbons (Fsp3) is 0.429. The van der Waals surface area contributed by atoms with E-state index in [0.717, 1.165) is 40.9 Å². The van der Waals surface area contributed by atoms with Gasteiger partial charge in [-0.2, -0.15) is 0 Å². The summed E-state index contributed by atoms with van der Waals surface area (Å²) in [7, 11) is 3.27. The van der Waals surface area contributed by atoms with Crippen molar-refractivity contribution in [3.8, 4) is 11.5 Å². The predicted molar refractivity (Wildman–Crippen MR) is 71.5 cm³/mol. The van der Waals surface area contributed by atoms with Gasteiger partial charge in [0.1, 0.15) is 0 Å². The van der Waals surface area contributed by atoms with Gasteiger partial charge >= 0.3 is 0 Å². The minimum absolute atomic E-state index is 0.208. The van der Waals surface area contributed by atoms with Crippen molar-refractivity contribution in [1.82, 2.24) is 4.98 Å². The van der Waals surface area contributed by atoms with E-state index in [4.69, 9.17) is 14.6 Å². The van der Waals surface area contributed by atoms with Crippen molar-refractivity contribution in [3.63, 3.8) is 0 Å². The standard InChI is InChI=1S/C14H19NO3/c1-9-10(5-4-6-16)11-7-13(17-2)14(18-3)8-12(11)15-9/h7-8,15-16H,4-6H2,1-3H3. The molecule has 0 bridgehead atoms. The van der Waals surface area contributed by atoms with Crippen LogP contribution >= 0.6 is 0 Å². The zero-order chi connectivity index (χ0) is 13.1. The first-order valence-corrected chi connectivity index (χ1v) is 6.05. The second-order valence-electron chi connectivity index (χ2n) is 4.31. The fourth-order valence-electron chi connectivity index (χ4n) is 2.29. The quantitative estimate of drug-likeness (QED) is 0.855. The van der Waals surface area contributed by atoms with E-state index in [9.17, 15) is 0 Å². The van der Waals surface area contributed by atoms with E-state index in [0.29, 0.717) is 0 Å². The number of hydrogen-bond donors (Lipinski definition) is 2. The van der Waals surface area contributed by atoms with E-state index in [-0.39, 0.29) is 6.61 Å². The van der Waals surface area contributed by atoms with Crippen molar-refractivity contribution in [2.24, 2.45) is 0 Å². The number of aromatic amines is 1. The first-order valence-electron chi connectivity index (χ1n) is 6.05. The SMILES string of the molecule is COc1cc2[nH]c(C)c(CCCO)c2cc1OC. The number of benzene rings is 1. The topological polar surface area (TPSA) is 54.5 Å². The number of ether oxygens (including phenoxy) is 2. The summed E-state index contributed by atoms with van der Waals surface area (Å²) in [4.78, 5) is 3.34. The fourth-order valence-corrected chi connectivity index (χ4v) is 2.29. The highest BCUT2D eigenvalue weighted by Crippen LogP contribution is 2.34. The summed E-state index contributed by atoms with van der Waals surface area (Å²) in [6.45, 7) is 2.26. The first kappa shape index (κ1) is 12.8. The summed E-state index contributed by atoms with van der Waals surface area (Å²) in [6.07, 6.45) is 1.62. The molecule has 0 saturated carbocycles. The zero-order valence-electron chi connectivity index (χ0n) is 11.0. The number of rotatable bonds is 5. The van der Waals surface area contributed by atoms with Crippen LogP contribution in [0.5, 0.6) is 11.5 Å². The minimum atomic E-state index is 0.208. The molecule has 4 heteroatoms. The van der Waals surface area contributed by atoms with Gasteiger partial charge in [-0.15, -0.1) is 0 Å². The number of hydrogen-bond acceptors (Lipinski definition) is 3. The van der Waals surface area contributed by atoms with Crippen LogP contribution in [0.25, 0.3) is 10.9 Å². The molecule has 1 aromatic carbocycles. The van der Waals surface area contributed by atoms with Gasteiger partial charge in [0.2, 0.25) is 0 Å². The van der Waals surface area contributed by atoms with Crippen molar-refractivity contribution in [2.45, 2.75) is 19.8 Å². The Balaban J connectivity index is 2.55. The number of H-pyrrole nitrogens is 1. The van der Waals surface area contributed by atoms with Gasteiger partial charge < -0.3 is 19.6 Å². The van der Waals surface area contributed by atoms with E-state index >= 15 is 0 Å². The van der Waals surface area contributed by atoms with Crippen molar-refractivity contribution < 1.29 is 14.6 Å². The average molecular weight is 249 g/mol. The highest BCUT2D eigenvalue weighted by molar-refractivity contribution is 5.88. The maximum atomic E-state index is 8.96. The molecule has 0 unspecified atom stereocenters. The molecule has 1 aromatic heterocycles. The Labute approximate surface area is 107 Å². The molecule has 0 aliphatic carbocycles. The Kier molecular flexibility index (Phi) is 3.77. The number of aliphatic hydroxyl groups is 1. The summed E-state index contributed by atoms with van der Waals surface area (Å²) >= 11 is 0. The smallest absolute Gasteiger partial charge is 0.162 e. The molecule has 0 radical (unpaired) electrons. The van der Waals surface area contributed by atoms with E-state index in [1.807, 2.05) is 19.1 Å². The predicted octanol–water partition coefficient (Wildman–Crippen LogP) is 2.42. The summed E-state index contributed by atoms with van der Waals surface area (Å²) < 4.78 is 10.6. The van der Waals surface area contributed by atoms with Crippen molar-refractivity contribution in [1.29, 1.82) is 0 Å². The maximum absolute atomic E-state index is 8.96. The number of aryl methyl sites for hydroxylation is 2. The minimum Gasteiger partial charge on any atom is -0.493 e. The van der Waals surface area contributed by atoms with E-state index in [1.54, 1.807) is 14.2 Å². The van der Waals surface area contributed by atoms with Crippen LogP contribution in [-0.4, -0.2) is 30.9 Å². The molecule has 2 N–H and O–H groups in total. The van der Waals surface area contributed by atoms with Crippen LogP contribution in [0.2, 0.25) is 0 Å². The van der Waals surface area contributed by atoms with Crippen LogP contribution in [0.4, 0.5) is 0 Å². The molecular formula is C14H19NO3. The van der Waals surface area contributed by atoms with Crippen LogP contribution < -0.4 is 9.47 Å². The number of fused-ring (bicyclic) bond motifs is 1. The van der Waals surface area contributed by atoms with Gasteiger partial charge in [0.15, 0.2) is 11.5 Å². The van der Waals surface area contributed by atoms with Crippen LogP contribution in [0.1, 0.15) is 17.7 Å². The van der Waals surface area contributed by atoms with Gasteiger partial charge in [-0.25, -0.2) is 0 Å². The molecule has 0 spiro atoms. The van der Waals surface area contributed by atoms with Crippen molar-refractivity contribution in [2.75, 3.05) is 20.8 Å². The third-order valence-corrected chi connectivity index (χ3v) is 3.21. The maximum Gasteiger partial charge on any atom is 0.162 e. The zero-order valence-corrected chi connectivity index (χ0v) is 11.0. The van der Waals surface area contributed by atoms with Crippen molar-refractivity contribution >= 4 is 10.9 Å². The lowest BCUT2D eigenvalue weighted by molar-refractivity contribution is 0.288. The van der Waals surface area contributed by atoms with Gasteiger partial charge in [0.05, 0.1) is 14.2 Å². The molecule has 2 aromatic rings. The summed E-state index contributed by atoms with van der Waals surface area (Å²) in [5, 5.41) is 10.1. The molecule has 0 aliphatic rings.